The average Bonchev–Trinajstić information content (AvgIpc) is 3.16. The largest absolute Gasteiger partial charge is 0.444 e. The lowest BCUT2D eigenvalue weighted by Gasteiger charge is -2.32. The Labute approximate surface area is 182 Å². The Bertz CT molecular complexity index is 772. The average molecular weight is 498 g/mol. The van der Waals surface area contributed by atoms with E-state index in [1.807, 2.05) is 30.3 Å². The zero-order chi connectivity index (χ0) is 19.1. The molecule has 1 aliphatic rings. The summed E-state index contributed by atoms with van der Waals surface area (Å²) in [7, 11) is 1.75. The van der Waals surface area contributed by atoms with Crippen molar-refractivity contribution in [2.75, 3.05) is 26.7 Å². The maximum atomic E-state index is 11.0. The van der Waals surface area contributed by atoms with Gasteiger partial charge in [-0.2, -0.15) is 0 Å². The van der Waals surface area contributed by atoms with Crippen LogP contribution in [0.4, 0.5) is 0 Å². The van der Waals surface area contributed by atoms with Crippen molar-refractivity contribution < 1.29 is 9.21 Å². The summed E-state index contributed by atoms with van der Waals surface area (Å²) in [5.74, 6) is 1.06. The molecule has 2 aromatic rings. The van der Waals surface area contributed by atoms with Crippen LogP contribution in [0.5, 0.6) is 0 Å². The first-order valence-electron chi connectivity index (χ1n) is 9.11. The van der Waals surface area contributed by atoms with E-state index in [4.69, 9.17) is 10.2 Å². The van der Waals surface area contributed by atoms with Crippen LogP contribution in [0.2, 0.25) is 0 Å². The number of hydrogen-bond donors (Lipinski definition) is 3. The molecule has 8 nitrogen and oxygen atoms in total. The van der Waals surface area contributed by atoms with Crippen molar-refractivity contribution in [3.05, 3.63) is 42.3 Å². The Morgan fingerprint density at radius 2 is 2.04 bits per heavy atom. The van der Waals surface area contributed by atoms with Gasteiger partial charge in [0.05, 0.1) is 18.8 Å². The standard InChI is InChI=1S/C19H26N6O2.HI/c1-21-19(24-15-7-9-25(10-8-15)12-17(20)26)22-11-16-13-27-18(23-16)14-5-3-2-4-6-14;/h2-6,13,15H,7-12H2,1H3,(H2,20,26)(H2,21,22,24);1H. The first kappa shape index (κ1) is 22.2. The van der Waals surface area contributed by atoms with E-state index in [0.717, 1.165) is 43.1 Å². The molecule has 0 atom stereocenters. The minimum absolute atomic E-state index is 0. The molecule has 1 fully saturated rings. The van der Waals surface area contributed by atoms with Crippen molar-refractivity contribution in [1.29, 1.82) is 0 Å². The van der Waals surface area contributed by atoms with Gasteiger partial charge in [0, 0.05) is 31.7 Å². The fourth-order valence-electron chi connectivity index (χ4n) is 3.12. The van der Waals surface area contributed by atoms with E-state index >= 15 is 0 Å². The van der Waals surface area contributed by atoms with Gasteiger partial charge in [-0.1, -0.05) is 18.2 Å². The summed E-state index contributed by atoms with van der Waals surface area (Å²) < 4.78 is 5.56. The summed E-state index contributed by atoms with van der Waals surface area (Å²) in [6.45, 7) is 2.55. The molecule has 2 heterocycles. The van der Waals surface area contributed by atoms with Gasteiger partial charge >= 0.3 is 0 Å². The minimum atomic E-state index is -0.277. The van der Waals surface area contributed by atoms with Crippen LogP contribution >= 0.6 is 24.0 Å². The summed E-state index contributed by atoms with van der Waals surface area (Å²) in [4.78, 5) is 21.9. The van der Waals surface area contributed by atoms with Crippen LogP contribution in [0.15, 0.2) is 46.0 Å². The topological polar surface area (TPSA) is 109 Å². The van der Waals surface area contributed by atoms with Crippen molar-refractivity contribution in [3.63, 3.8) is 0 Å². The lowest BCUT2D eigenvalue weighted by Crippen LogP contribution is -2.49. The molecule has 1 aliphatic heterocycles. The van der Waals surface area contributed by atoms with Gasteiger partial charge in [-0.05, 0) is 25.0 Å². The summed E-state index contributed by atoms with van der Waals surface area (Å²) in [6, 6.07) is 10.1. The van der Waals surface area contributed by atoms with Crippen molar-refractivity contribution in [2.45, 2.75) is 25.4 Å². The predicted octanol–water partition coefficient (Wildman–Crippen LogP) is 1.57. The summed E-state index contributed by atoms with van der Waals surface area (Å²) in [5, 5.41) is 6.70. The molecule has 9 heteroatoms. The quantitative estimate of drug-likeness (QED) is 0.317. The Hall–Kier alpha value is -2.14. The molecule has 1 aromatic heterocycles. The zero-order valence-corrected chi connectivity index (χ0v) is 18.3. The van der Waals surface area contributed by atoms with Crippen LogP contribution in [0.1, 0.15) is 18.5 Å². The van der Waals surface area contributed by atoms with Crippen LogP contribution in [0.25, 0.3) is 11.5 Å². The summed E-state index contributed by atoms with van der Waals surface area (Å²) in [6.07, 6.45) is 3.54. The highest BCUT2D eigenvalue weighted by Crippen LogP contribution is 2.17. The highest BCUT2D eigenvalue weighted by Gasteiger charge is 2.20. The van der Waals surface area contributed by atoms with Gasteiger partial charge in [-0.15, -0.1) is 24.0 Å². The van der Waals surface area contributed by atoms with Gasteiger partial charge in [0.1, 0.15) is 6.26 Å². The molecule has 0 aliphatic carbocycles. The summed E-state index contributed by atoms with van der Waals surface area (Å²) in [5.41, 5.74) is 7.02. The number of halogens is 1. The van der Waals surface area contributed by atoms with Gasteiger partial charge in [-0.3, -0.25) is 14.7 Å². The molecule has 28 heavy (non-hydrogen) atoms. The Morgan fingerprint density at radius 1 is 1.32 bits per heavy atom. The van der Waals surface area contributed by atoms with Crippen molar-refractivity contribution in [2.24, 2.45) is 10.7 Å². The molecule has 1 aromatic carbocycles. The molecular weight excluding hydrogens is 471 g/mol. The van der Waals surface area contributed by atoms with Crippen LogP contribution in [-0.4, -0.2) is 54.5 Å². The number of piperidine rings is 1. The maximum absolute atomic E-state index is 11.0. The monoisotopic (exact) mass is 498 g/mol. The molecule has 0 radical (unpaired) electrons. The number of carbonyl (C=O) groups is 1. The number of aromatic nitrogens is 1. The number of likely N-dealkylation sites (tertiary alicyclic amines) is 1. The number of aliphatic imine (C=N–C) groups is 1. The number of nitrogens with one attached hydrogen (secondary N) is 2. The molecule has 0 unspecified atom stereocenters. The lowest BCUT2D eigenvalue weighted by molar-refractivity contribution is -0.119. The van der Waals surface area contributed by atoms with Crippen molar-refractivity contribution in [1.82, 2.24) is 20.5 Å². The molecule has 152 valence electrons. The van der Waals surface area contributed by atoms with E-state index in [1.54, 1.807) is 13.3 Å². The Morgan fingerprint density at radius 3 is 2.68 bits per heavy atom. The molecule has 0 spiro atoms. The molecule has 3 rings (SSSR count). The first-order valence-corrected chi connectivity index (χ1v) is 9.11. The number of rotatable bonds is 6. The third-order valence-corrected chi connectivity index (χ3v) is 4.54. The fourth-order valence-corrected chi connectivity index (χ4v) is 3.12. The minimum Gasteiger partial charge on any atom is -0.444 e. The number of carbonyl (C=O) groups excluding carboxylic acids is 1. The second kappa shape index (κ2) is 11.0. The second-order valence-electron chi connectivity index (χ2n) is 6.60. The van der Waals surface area contributed by atoms with Crippen LogP contribution in [0.3, 0.4) is 0 Å². The first-order chi connectivity index (χ1) is 13.1. The van der Waals surface area contributed by atoms with Gasteiger partial charge in [0.15, 0.2) is 5.96 Å². The van der Waals surface area contributed by atoms with E-state index in [9.17, 15) is 4.79 Å². The lowest BCUT2D eigenvalue weighted by atomic mass is 10.1. The molecule has 0 saturated carbocycles. The third kappa shape index (κ3) is 6.48. The number of nitrogens with zero attached hydrogens (tertiary/aromatic N) is 3. The number of primary amides is 1. The van der Waals surface area contributed by atoms with E-state index < -0.39 is 0 Å². The zero-order valence-electron chi connectivity index (χ0n) is 15.9. The summed E-state index contributed by atoms with van der Waals surface area (Å²) >= 11 is 0. The van der Waals surface area contributed by atoms with E-state index in [1.165, 1.54) is 0 Å². The van der Waals surface area contributed by atoms with E-state index in [-0.39, 0.29) is 29.9 Å². The highest BCUT2D eigenvalue weighted by atomic mass is 127. The van der Waals surface area contributed by atoms with Gasteiger partial charge in [0.25, 0.3) is 0 Å². The number of oxazole rings is 1. The van der Waals surface area contributed by atoms with Gasteiger partial charge in [0.2, 0.25) is 11.8 Å². The van der Waals surface area contributed by atoms with E-state index in [2.05, 4.69) is 25.5 Å². The van der Waals surface area contributed by atoms with Crippen LogP contribution < -0.4 is 16.4 Å². The number of nitrogens with two attached hydrogens (primary N) is 1. The molecule has 1 amide bonds. The maximum Gasteiger partial charge on any atom is 0.231 e. The van der Waals surface area contributed by atoms with Crippen molar-refractivity contribution in [3.8, 4) is 11.5 Å². The molecular formula is C19H27IN6O2. The number of hydrogen-bond acceptors (Lipinski definition) is 5. The van der Waals surface area contributed by atoms with Crippen LogP contribution in [-0.2, 0) is 11.3 Å². The smallest absolute Gasteiger partial charge is 0.231 e. The Balaban J connectivity index is 0.00000280. The third-order valence-electron chi connectivity index (χ3n) is 4.54. The highest BCUT2D eigenvalue weighted by molar-refractivity contribution is 14.0. The Kier molecular flexibility index (Phi) is 8.71. The predicted molar refractivity (Wildman–Crippen MR) is 119 cm³/mol. The number of amides is 1. The van der Waals surface area contributed by atoms with Crippen LogP contribution in [0, 0.1) is 0 Å². The van der Waals surface area contributed by atoms with Gasteiger partial charge in [-0.25, -0.2) is 4.98 Å². The molecule has 1 saturated heterocycles. The second-order valence-corrected chi connectivity index (χ2v) is 6.60. The number of guanidine groups is 1. The van der Waals surface area contributed by atoms with Crippen molar-refractivity contribution >= 4 is 35.8 Å². The SMILES string of the molecule is CN=C(NCc1coc(-c2ccccc2)n1)NC1CCN(CC(N)=O)CC1.I. The molecule has 0 bridgehead atoms. The van der Waals surface area contributed by atoms with E-state index in [0.29, 0.717) is 25.0 Å². The number of benzene rings is 1. The molecule has 4 N–H and O–H groups in total. The van der Waals surface area contributed by atoms with Gasteiger partial charge < -0.3 is 20.8 Å². The normalized spacial score (nSPS) is 15.7. The fraction of sp³-hybridized carbons (Fsp3) is 0.421.